The van der Waals surface area contributed by atoms with Gasteiger partial charge < -0.3 is 4.74 Å². The highest BCUT2D eigenvalue weighted by Gasteiger charge is 2.26. The zero-order chi connectivity index (χ0) is 13.6. The third kappa shape index (κ3) is 6.13. The summed E-state index contributed by atoms with van der Waals surface area (Å²) in [5, 5.41) is 0.430. The highest BCUT2D eigenvalue weighted by atomic mass is 127. The average molecular weight is 393 g/mol. The van der Waals surface area contributed by atoms with Crippen LogP contribution in [0.4, 0.5) is 13.2 Å². The van der Waals surface area contributed by atoms with Gasteiger partial charge in [-0.2, -0.15) is 13.2 Å². The van der Waals surface area contributed by atoms with E-state index in [1.54, 1.807) is 18.2 Å². The summed E-state index contributed by atoms with van der Waals surface area (Å²) in [6.45, 7) is 0.519. The topological polar surface area (TPSA) is 9.23 Å². The van der Waals surface area contributed by atoms with Crippen molar-refractivity contribution in [2.45, 2.75) is 25.4 Å². The Labute approximate surface area is 123 Å². The van der Waals surface area contributed by atoms with Crippen molar-refractivity contribution in [2.75, 3.05) is 11.0 Å². The minimum Gasteiger partial charge on any atom is -0.492 e. The largest absolute Gasteiger partial charge is 0.492 e. The fourth-order valence-corrected chi connectivity index (χ4v) is 1.82. The summed E-state index contributed by atoms with van der Waals surface area (Å²) in [5.74, 6) is 0.459. The minimum absolute atomic E-state index is 0.0523. The molecule has 1 rings (SSSR count). The van der Waals surface area contributed by atoms with Crippen LogP contribution >= 0.6 is 34.2 Å². The van der Waals surface area contributed by atoms with Gasteiger partial charge in [0.2, 0.25) is 0 Å². The Hall–Kier alpha value is -0.170. The molecule has 0 amide bonds. The summed E-state index contributed by atoms with van der Waals surface area (Å²) in [6, 6.07) is 4.76. The zero-order valence-electron chi connectivity index (χ0n) is 9.57. The van der Waals surface area contributed by atoms with Crippen LogP contribution in [-0.4, -0.2) is 17.2 Å². The standard InChI is InChI=1S/C12H13ClF3IO/c13-10-3-2-9(4-5-12(14,15)16)8-11(10)18-7-1-6-17/h2-3,8H,1,4-7H2. The number of rotatable bonds is 6. The molecular formula is C12H13ClF3IO. The molecule has 0 unspecified atom stereocenters. The summed E-state index contributed by atoms with van der Waals surface area (Å²) in [4.78, 5) is 0. The summed E-state index contributed by atoms with van der Waals surface area (Å²) < 4.78 is 42.7. The Morgan fingerprint density at radius 2 is 2.00 bits per heavy atom. The second-order valence-corrected chi connectivity index (χ2v) is 5.26. The van der Waals surface area contributed by atoms with Gasteiger partial charge >= 0.3 is 6.18 Å². The third-order valence-corrected chi connectivity index (χ3v) is 3.30. The van der Waals surface area contributed by atoms with Gasteiger partial charge in [-0.1, -0.05) is 40.3 Å². The van der Waals surface area contributed by atoms with Crippen molar-refractivity contribution in [3.8, 4) is 5.75 Å². The highest BCUT2D eigenvalue weighted by molar-refractivity contribution is 14.1. The molecule has 0 fully saturated rings. The number of benzene rings is 1. The van der Waals surface area contributed by atoms with Crippen LogP contribution < -0.4 is 4.74 Å². The van der Waals surface area contributed by atoms with Gasteiger partial charge in [-0.05, 0) is 30.5 Å². The molecule has 0 bridgehead atoms. The van der Waals surface area contributed by atoms with Gasteiger partial charge in [0.25, 0.3) is 0 Å². The predicted molar refractivity (Wildman–Crippen MR) is 74.8 cm³/mol. The Balaban J connectivity index is 2.62. The van der Waals surface area contributed by atoms with Crippen LogP contribution in [0.15, 0.2) is 18.2 Å². The van der Waals surface area contributed by atoms with E-state index in [4.69, 9.17) is 16.3 Å². The van der Waals surface area contributed by atoms with E-state index in [1.807, 2.05) is 0 Å². The molecule has 1 nitrogen and oxygen atoms in total. The fourth-order valence-electron chi connectivity index (χ4n) is 1.34. The molecule has 0 heterocycles. The molecule has 0 aliphatic rings. The molecule has 0 saturated heterocycles. The Bertz CT molecular complexity index is 382. The van der Waals surface area contributed by atoms with E-state index in [0.29, 0.717) is 22.9 Å². The number of hydrogen-bond acceptors (Lipinski definition) is 1. The summed E-state index contributed by atoms with van der Waals surface area (Å²) in [5.41, 5.74) is 0.584. The van der Waals surface area contributed by atoms with E-state index in [9.17, 15) is 13.2 Å². The summed E-state index contributed by atoms with van der Waals surface area (Å²) in [7, 11) is 0. The van der Waals surface area contributed by atoms with Gasteiger partial charge in [0.05, 0.1) is 11.6 Å². The first-order valence-electron chi connectivity index (χ1n) is 5.46. The first-order chi connectivity index (χ1) is 8.42. The van der Waals surface area contributed by atoms with E-state index >= 15 is 0 Å². The van der Waals surface area contributed by atoms with Crippen molar-refractivity contribution in [3.63, 3.8) is 0 Å². The van der Waals surface area contributed by atoms with Crippen LogP contribution in [0.5, 0.6) is 5.75 Å². The van der Waals surface area contributed by atoms with Crippen LogP contribution in [0.3, 0.4) is 0 Å². The first kappa shape index (κ1) is 15.9. The fraction of sp³-hybridized carbons (Fsp3) is 0.500. The molecule has 0 aliphatic heterocycles. The summed E-state index contributed by atoms with van der Waals surface area (Å²) >= 11 is 8.15. The second kappa shape index (κ2) is 7.43. The molecule has 102 valence electrons. The van der Waals surface area contributed by atoms with Gasteiger partial charge in [0.1, 0.15) is 5.75 Å². The van der Waals surface area contributed by atoms with Crippen molar-refractivity contribution in [1.82, 2.24) is 0 Å². The lowest BCUT2D eigenvalue weighted by Gasteiger charge is -2.10. The summed E-state index contributed by atoms with van der Waals surface area (Å²) in [6.07, 6.45) is -4.14. The lowest BCUT2D eigenvalue weighted by atomic mass is 10.1. The number of ether oxygens (including phenoxy) is 1. The normalized spacial score (nSPS) is 11.6. The smallest absolute Gasteiger partial charge is 0.389 e. The lowest BCUT2D eigenvalue weighted by Crippen LogP contribution is -2.08. The molecule has 1 aromatic carbocycles. The maximum absolute atomic E-state index is 12.1. The van der Waals surface area contributed by atoms with Gasteiger partial charge in [0, 0.05) is 10.8 Å². The van der Waals surface area contributed by atoms with E-state index in [0.717, 1.165) is 10.8 Å². The first-order valence-corrected chi connectivity index (χ1v) is 7.36. The van der Waals surface area contributed by atoms with Crippen molar-refractivity contribution in [3.05, 3.63) is 28.8 Å². The van der Waals surface area contributed by atoms with Crippen molar-refractivity contribution in [2.24, 2.45) is 0 Å². The molecule has 0 atom stereocenters. The number of alkyl halides is 4. The SMILES string of the molecule is FC(F)(F)CCc1ccc(Cl)c(OCCCI)c1. The van der Waals surface area contributed by atoms with Crippen LogP contribution in [0, 0.1) is 0 Å². The Morgan fingerprint density at radius 1 is 1.28 bits per heavy atom. The van der Waals surface area contributed by atoms with Crippen LogP contribution in [0.2, 0.25) is 5.02 Å². The van der Waals surface area contributed by atoms with E-state index in [-0.39, 0.29) is 6.42 Å². The Kier molecular flexibility index (Phi) is 6.55. The maximum Gasteiger partial charge on any atom is 0.389 e. The molecule has 0 N–H and O–H groups in total. The van der Waals surface area contributed by atoms with Gasteiger partial charge in [-0.15, -0.1) is 0 Å². The van der Waals surface area contributed by atoms with Gasteiger partial charge in [-0.3, -0.25) is 0 Å². The molecule has 0 aliphatic carbocycles. The van der Waals surface area contributed by atoms with Crippen LogP contribution in [-0.2, 0) is 6.42 Å². The number of halogens is 5. The molecular weight excluding hydrogens is 379 g/mol. The van der Waals surface area contributed by atoms with E-state index in [2.05, 4.69) is 22.6 Å². The number of hydrogen-bond donors (Lipinski definition) is 0. The van der Waals surface area contributed by atoms with E-state index in [1.165, 1.54) is 0 Å². The zero-order valence-corrected chi connectivity index (χ0v) is 12.5. The molecule has 18 heavy (non-hydrogen) atoms. The van der Waals surface area contributed by atoms with Crippen LogP contribution in [0.25, 0.3) is 0 Å². The Morgan fingerprint density at radius 3 is 2.61 bits per heavy atom. The lowest BCUT2D eigenvalue weighted by molar-refractivity contribution is -0.134. The quantitative estimate of drug-likeness (QED) is 0.374. The average Bonchev–Trinajstić information content (AvgIpc) is 2.29. The molecule has 0 saturated carbocycles. The molecule has 1 aromatic rings. The van der Waals surface area contributed by atoms with E-state index < -0.39 is 12.6 Å². The number of aryl methyl sites for hydroxylation is 1. The second-order valence-electron chi connectivity index (χ2n) is 3.77. The van der Waals surface area contributed by atoms with Gasteiger partial charge in [0.15, 0.2) is 0 Å². The third-order valence-electron chi connectivity index (χ3n) is 2.23. The van der Waals surface area contributed by atoms with Crippen molar-refractivity contribution >= 4 is 34.2 Å². The van der Waals surface area contributed by atoms with Crippen molar-refractivity contribution < 1.29 is 17.9 Å². The molecule has 6 heteroatoms. The van der Waals surface area contributed by atoms with Crippen molar-refractivity contribution in [1.29, 1.82) is 0 Å². The van der Waals surface area contributed by atoms with Crippen LogP contribution in [0.1, 0.15) is 18.4 Å². The molecule has 0 aromatic heterocycles. The monoisotopic (exact) mass is 392 g/mol. The predicted octanol–water partition coefficient (Wildman–Crippen LogP) is 5.04. The highest BCUT2D eigenvalue weighted by Crippen LogP contribution is 2.28. The van der Waals surface area contributed by atoms with Gasteiger partial charge in [-0.25, -0.2) is 0 Å². The maximum atomic E-state index is 12.1. The molecule has 0 radical (unpaired) electrons. The molecule has 0 spiro atoms. The minimum atomic E-state index is -4.14.